The van der Waals surface area contributed by atoms with E-state index in [1.165, 1.54) is 16.7 Å². The number of aryl methyl sites for hydroxylation is 1. The number of hydrogen-bond acceptors (Lipinski definition) is 2. The van der Waals surface area contributed by atoms with Crippen LogP contribution in [-0.2, 0) is 0 Å². The third-order valence-corrected chi connectivity index (χ3v) is 5.00. The second-order valence-corrected chi connectivity index (χ2v) is 7.50. The Labute approximate surface area is 178 Å². The maximum atomic E-state index is 6.00. The lowest BCUT2D eigenvalue weighted by Gasteiger charge is -2.10. The highest BCUT2D eigenvalue weighted by Gasteiger charge is 2.02. The summed E-state index contributed by atoms with van der Waals surface area (Å²) in [4.78, 5) is 0. The highest BCUT2D eigenvalue weighted by atomic mass is 16.5. The molecular weight excluding hydrogens is 366 g/mol. The van der Waals surface area contributed by atoms with Gasteiger partial charge >= 0.3 is 0 Å². The molecule has 4 aromatic carbocycles. The summed E-state index contributed by atoms with van der Waals surface area (Å²) in [5.41, 5.74) is 7.93. The molecule has 0 saturated carbocycles. The molecule has 0 amide bonds. The van der Waals surface area contributed by atoms with E-state index in [1.807, 2.05) is 43.3 Å². The van der Waals surface area contributed by atoms with Crippen molar-refractivity contribution in [1.29, 1.82) is 0 Å². The van der Waals surface area contributed by atoms with Crippen LogP contribution < -0.4 is 10.1 Å². The van der Waals surface area contributed by atoms with Gasteiger partial charge in [-0.05, 0) is 79.1 Å². The van der Waals surface area contributed by atoms with Gasteiger partial charge in [-0.25, -0.2) is 0 Å². The fraction of sp³-hybridized carbons (Fsp3) is 0.0714. The van der Waals surface area contributed by atoms with E-state index >= 15 is 0 Å². The number of nitrogens with one attached hydrogen (secondary N) is 1. The van der Waals surface area contributed by atoms with E-state index < -0.39 is 0 Å². The average molecular weight is 392 g/mol. The van der Waals surface area contributed by atoms with E-state index in [0.717, 1.165) is 34.0 Å². The fourth-order valence-corrected chi connectivity index (χ4v) is 3.21. The molecule has 0 aliphatic carbocycles. The van der Waals surface area contributed by atoms with Gasteiger partial charge in [0, 0.05) is 11.4 Å². The van der Waals surface area contributed by atoms with Crippen molar-refractivity contribution in [3.05, 3.63) is 115 Å². The van der Waals surface area contributed by atoms with E-state index in [1.54, 1.807) is 0 Å². The van der Waals surface area contributed by atoms with E-state index in [-0.39, 0.29) is 0 Å². The quantitative estimate of drug-likeness (QED) is 0.357. The van der Waals surface area contributed by atoms with Crippen molar-refractivity contribution in [2.75, 3.05) is 5.32 Å². The Morgan fingerprint density at radius 1 is 0.633 bits per heavy atom. The fourth-order valence-electron chi connectivity index (χ4n) is 3.21. The largest absolute Gasteiger partial charge is 0.457 e. The van der Waals surface area contributed by atoms with Crippen molar-refractivity contribution in [3.63, 3.8) is 0 Å². The molecule has 0 heterocycles. The summed E-state index contributed by atoms with van der Waals surface area (Å²) in [5.74, 6) is 1.62. The maximum absolute atomic E-state index is 6.00. The Hall–Kier alpha value is -3.78. The zero-order valence-electron chi connectivity index (χ0n) is 17.4. The molecule has 30 heavy (non-hydrogen) atoms. The van der Waals surface area contributed by atoms with Crippen LogP contribution in [0.2, 0.25) is 0 Å². The van der Waals surface area contributed by atoms with Gasteiger partial charge in [0.2, 0.25) is 0 Å². The molecule has 0 atom stereocenters. The molecule has 1 N–H and O–H groups in total. The normalized spacial score (nSPS) is 10.5. The van der Waals surface area contributed by atoms with Crippen molar-refractivity contribution < 1.29 is 4.74 Å². The molecule has 4 aromatic rings. The predicted molar refractivity (Wildman–Crippen MR) is 128 cm³/mol. The smallest absolute Gasteiger partial charge is 0.127 e. The van der Waals surface area contributed by atoms with Crippen molar-refractivity contribution in [2.24, 2.45) is 0 Å². The molecule has 2 nitrogen and oxygen atoms in total. The molecule has 0 aromatic heterocycles. The monoisotopic (exact) mass is 391 g/mol. The van der Waals surface area contributed by atoms with Gasteiger partial charge in [-0.15, -0.1) is 0 Å². The van der Waals surface area contributed by atoms with E-state index in [0.29, 0.717) is 0 Å². The number of rotatable bonds is 6. The Morgan fingerprint density at radius 2 is 1.07 bits per heavy atom. The number of hydrogen-bond donors (Lipinski definition) is 1. The van der Waals surface area contributed by atoms with Gasteiger partial charge in [-0.3, -0.25) is 0 Å². The first kappa shape index (κ1) is 19.5. The Kier molecular flexibility index (Phi) is 5.67. The number of anilines is 2. The summed E-state index contributed by atoms with van der Waals surface area (Å²) in [6.45, 7) is 8.09. The molecule has 0 radical (unpaired) electrons. The second-order valence-electron chi connectivity index (χ2n) is 7.50. The Bertz CT molecular complexity index is 1120. The highest BCUT2D eigenvalue weighted by molar-refractivity contribution is 5.69. The van der Waals surface area contributed by atoms with Crippen LogP contribution in [0, 0.1) is 6.92 Å². The van der Waals surface area contributed by atoms with Crippen molar-refractivity contribution in [2.45, 2.75) is 13.8 Å². The lowest BCUT2D eigenvalue weighted by Crippen LogP contribution is -1.90. The Balaban J connectivity index is 1.40. The number of benzene rings is 4. The first-order valence-electron chi connectivity index (χ1n) is 10.0. The standard InChI is InChI=1S/C28H25NO/c1-20(2)22-6-8-23(9-7-22)24-10-16-27(17-11-24)30-28-18-14-26(15-19-28)29-25-12-4-21(3)5-13-25/h4-19,29H,1H2,2-3H3. The van der Waals surface area contributed by atoms with E-state index in [4.69, 9.17) is 4.74 Å². The molecular formula is C28H25NO. The first-order chi connectivity index (χ1) is 14.6. The first-order valence-corrected chi connectivity index (χ1v) is 10.0. The summed E-state index contributed by atoms with van der Waals surface area (Å²) in [7, 11) is 0. The van der Waals surface area contributed by atoms with Crippen LogP contribution in [0.1, 0.15) is 18.1 Å². The Morgan fingerprint density at radius 3 is 1.57 bits per heavy atom. The van der Waals surface area contributed by atoms with Crippen LogP contribution >= 0.6 is 0 Å². The van der Waals surface area contributed by atoms with Gasteiger partial charge < -0.3 is 10.1 Å². The third kappa shape index (κ3) is 4.79. The molecule has 0 fully saturated rings. The van der Waals surface area contributed by atoms with Crippen LogP contribution in [0.15, 0.2) is 104 Å². The van der Waals surface area contributed by atoms with Crippen molar-refractivity contribution >= 4 is 16.9 Å². The molecule has 0 spiro atoms. The van der Waals surface area contributed by atoms with Gasteiger partial charge in [0.05, 0.1) is 0 Å². The van der Waals surface area contributed by atoms with E-state index in [2.05, 4.69) is 79.5 Å². The lowest BCUT2D eigenvalue weighted by molar-refractivity contribution is 0.483. The zero-order valence-corrected chi connectivity index (χ0v) is 17.4. The van der Waals surface area contributed by atoms with Crippen molar-refractivity contribution in [1.82, 2.24) is 0 Å². The molecule has 0 aliphatic heterocycles. The zero-order chi connectivity index (χ0) is 20.9. The number of allylic oxidation sites excluding steroid dienone is 1. The van der Waals surface area contributed by atoms with Crippen LogP contribution in [0.25, 0.3) is 16.7 Å². The minimum atomic E-state index is 0.808. The van der Waals surface area contributed by atoms with Gasteiger partial charge in [0.25, 0.3) is 0 Å². The van der Waals surface area contributed by atoms with Crippen LogP contribution in [-0.4, -0.2) is 0 Å². The summed E-state index contributed by atoms with van der Waals surface area (Å²) in [6.07, 6.45) is 0. The number of ether oxygens (including phenoxy) is 1. The van der Waals surface area contributed by atoms with Crippen molar-refractivity contribution in [3.8, 4) is 22.6 Å². The molecule has 148 valence electrons. The summed E-state index contributed by atoms with van der Waals surface area (Å²) >= 11 is 0. The SMILES string of the molecule is C=C(C)c1ccc(-c2ccc(Oc3ccc(Nc4ccc(C)cc4)cc3)cc2)cc1. The predicted octanol–water partition coefficient (Wildman–Crippen LogP) is 8.23. The molecule has 0 bridgehead atoms. The lowest BCUT2D eigenvalue weighted by atomic mass is 10.0. The maximum Gasteiger partial charge on any atom is 0.127 e. The minimum Gasteiger partial charge on any atom is -0.457 e. The van der Waals surface area contributed by atoms with Gasteiger partial charge in [-0.2, -0.15) is 0 Å². The minimum absolute atomic E-state index is 0.808. The molecule has 0 saturated heterocycles. The topological polar surface area (TPSA) is 21.3 Å². The second kappa shape index (κ2) is 8.71. The average Bonchev–Trinajstić information content (AvgIpc) is 2.77. The van der Waals surface area contributed by atoms with E-state index in [9.17, 15) is 0 Å². The molecule has 4 rings (SSSR count). The summed E-state index contributed by atoms with van der Waals surface area (Å²) in [6, 6.07) is 33.0. The van der Waals surface area contributed by atoms with Gasteiger partial charge in [0.15, 0.2) is 0 Å². The molecule has 0 unspecified atom stereocenters. The van der Waals surface area contributed by atoms with Crippen LogP contribution in [0.3, 0.4) is 0 Å². The van der Waals surface area contributed by atoms with Crippen LogP contribution in [0.5, 0.6) is 11.5 Å². The third-order valence-electron chi connectivity index (χ3n) is 5.00. The highest BCUT2D eigenvalue weighted by Crippen LogP contribution is 2.28. The summed E-state index contributed by atoms with van der Waals surface area (Å²) in [5, 5.41) is 3.40. The van der Waals surface area contributed by atoms with Gasteiger partial charge in [0.1, 0.15) is 11.5 Å². The molecule has 2 heteroatoms. The van der Waals surface area contributed by atoms with Gasteiger partial charge in [-0.1, -0.05) is 66.2 Å². The molecule has 0 aliphatic rings. The summed E-state index contributed by atoms with van der Waals surface area (Å²) < 4.78 is 6.00. The van der Waals surface area contributed by atoms with Crippen LogP contribution in [0.4, 0.5) is 11.4 Å².